The van der Waals surface area contributed by atoms with E-state index in [4.69, 9.17) is 0 Å². The van der Waals surface area contributed by atoms with Crippen LogP contribution in [-0.2, 0) is 19.5 Å². The molecule has 0 aromatic carbocycles. The maximum Gasteiger partial charge on any atom is 0.0625 e. The molecule has 1 aromatic heterocycles. The molecular weight excluding hydrogens is 234 g/mol. The third-order valence-electron chi connectivity index (χ3n) is 4.35. The van der Waals surface area contributed by atoms with Crippen LogP contribution in [0.1, 0.15) is 64.8 Å². The first-order valence-electron chi connectivity index (χ1n) is 7.83. The first-order valence-corrected chi connectivity index (χ1v) is 7.83. The van der Waals surface area contributed by atoms with Crippen molar-refractivity contribution >= 4 is 0 Å². The minimum Gasteiger partial charge on any atom is -0.308 e. The van der Waals surface area contributed by atoms with Crippen molar-refractivity contribution in [1.82, 2.24) is 15.1 Å². The van der Waals surface area contributed by atoms with E-state index in [1.54, 1.807) is 0 Å². The van der Waals surface area contributed by atoms with E-state index in [2.05, 4.69) is 48.9 Å². The van der Waals surface area contributed by atoms with Crippen molar-refractivity contribution in [3.8, 4) is 0 Å². The summed E-state index contributed by atoms with van der Waals surface area (Å²) in [7, 11) is 0. The van der Waals surface area contributed by atoms with Gasteiger partial charge in [0.1, 0.15) is 0 Å². The van der Waals surface area contributed by atoms with Gasteiger partial charge in [-0.25, -0.2) is 0 Å². The lowest BCUT2D eigenvalue weighted by atomic mass is 9.75. The van der Waals surface area contributed by atoms with Crippen LogP contribution in [-0.4, -0.2) is 15.8 Å². The van der Waals surface area contributed by atoms with Gasteiger partial charge in [0.15, 0.2) is 0 Å². The molecule has 1 aliphatic carbocycles. The highest BCUT2D eigenvalue weighted by molar-refractivity contribution is 5.10. The van der Waals surface area contributed by atoms with Crippen LogP contribution in [0, 0.1) is 5.41 Å². The molecule has 1 N–H and O–H groups in total. The maximum atomic E-state index is 4.62. The van der Waals surface area contributed by atoms with E-state index in [9.17, 15) is 0 Å². The van der Waals surface area contributed by atoms with E-state index in [-0.39, 0.29) is 0 Å². The molecule has 1 saturated carbocycles. The summed E-state index contributed by atoms with van der Waals surface area (Å²) < 4.78 is 2.14. The Morgan fingerprint density at radius 2 is 2.21 bits per heavy atom. The van der Waals surface area contributed by atoms with E-state index in [1.807, 2.05) is 0 Å². The smallest absolute Gasteiger partial charge is 0.0625 e. The number of nitrogens with zero attached hydrogens (tertiary/aromatic N) is 2. The lowest BCUT2D eigenvalue weighted by Crippen LogP contribution is -2.37. The molecule has 0 bridgehead atoms. The number of aryl methyl sites for hydroxylation is 2. The monoisotopic (exact) mass is 263 g/mol. The average Bonchev–Trinajstić information content (AvgIpc) is 2.77. The summed E-state index contributed by atoms with van der Waals surface area (Å²) >= 11 is 0. The van der Waals surface area contributed by atoms with Crippen LogP contribution in [0.5, 0.6) is 0 Å². The number of nitrogens with one attached hydrogen (secondary N) is 1. The first-order chi connectivity index (χ1) is 9.04. The Kier molecular flexibility index (Phi) is 4.67. The maximum absolute atomic E-state index is 4.62. The Morgan fingerprint density at radius 3 is 2.84 bits per heavy atom. The molecule has 0 spiro atoms. The highest BCUT2D eigenvalue weighted by Gasteiger charge is 2.27. The molecule has 0 amide bonds. The Morgan fingerprint density at radius 1 is 1.42 bits per heavy atom. The van der Waals surface area contributed by atoms with E-state index in [0.717, 1.165) is 19.5 Å². The summed E-state index contributed by atoms with van der Waals surface area (Å²) in [5.41, 5.74) is 3.06. The summed E-state index contributed by atoms with van der Waals surface area (Å²) in [5, 5.41) is 8.36. The van der Waals surface area contributed by atoms with Crippen molar-refractivity contribution in [2.45, 2.75) is 78.9 Å². The highest BCUT2D eigenvalue weighted by Crippen LogP contribution is 2.35. The van der Waals surface area contributed by atoms with Crippen LogP contribution in [0.2, 0.25) is 0 Å². The van der Waals surface area contributed by atoms with Crippen LogP contribution in [0.3, 0.4) is 0 Å². The van der Waals surface area contributed by atoms with Gasteiger partial charge in [0.2, 0.25) is 0 Å². The Bertz CT molecular complexity index is 406. The minimum atomic E-state index is 0.509. The van der Waals surface area contributed by atoms with Crippen molar-refractivity contribution in [3.05, 3.63) is 17.5 Å². The molecule has 3 nitrogen and oxygen atoms in total. The fourth-order valence-corrected chi connectivity index (χ4v) is 3.23. The van der Waals surface area contributed by atoms with Crippen molar-refractivity contribution in [3.63, 3.8) is 0 Å². The van der Waals surface area contributed by atoms with E-state index < -0.39 is 0 Å². The van der Waals surface area contributed by atoms with Gasteiger partial charge in [-0.3, -0.25) is 4.68 Å². The largest absolute Gasteiger partial charge is 0.308 e. The predicted molar refractivity (Wildman–Crippen MR) is 80.2 cm³/mol. The molecule has 1 unspecified atom stereocenters. The van der Waals surface area contributed by atoms with Crippen molar-refractivity contribution < 1.29 is 0 Å². The highest BCUT2D eigenvalue weighted by atomic mass is 15.3. The Balaban J connectivity index is 1.93. The molecule has 1 heterocycles. The molecule has 0 aliphatic heterocycles. The fraction of sp³-hybridized carbons (Fsp3) is 0.812. The van der Waals surface area contributed by atoms with Crippen molar-refractivity contribution in [2.24, 2.45) is 5.41 Å². The zero-order chi connectivity index (χ0) is 13.9. The zero-order valence-corrected chi connectivity index (χ0v) is 13.0. The summed E-state index contributed by atoms with van der Waals surface area (Å²) in [5.74, 6) is 0. The molecule has 1 atom stereocenters. The van der Waals surface area contributed by atoms with Gasteiger partial charge >= 0.3 is 0 Å². The molecule has 2 rings (SSSR count). The summed E-state index contributed by atoms with van der Waals surface area (Å²) in [6.45, 7) is 11.1. The van der Waals surface area contributed by atoms with Crippen LogP contribution < -0.4 is 5.32 Å². The second kappa shape index (κ2) is 6.08. The third-order valence-corrected chi connectivity index (χ3v) is 4.35. The average molecular weight is 263 g/mol. The zero-order valence-electron chi connectivity index (χ0n) is 13.0. The van der Waals surface area contributed by atoms with Crippen molar-refractivity contribution in [2.75, 3.05) is 0 Å². The van der Waals surface area contributed by atoms with Gasteiger partial charge in [-0.15, -0.1) is 0 Å². The standard InChI is InChI=1S/C16H29N3/c1-5-13-10-15(19(6-2)18-13)12-17-14-8-7-9-16(3,4)11-14/h10,14,17H,5-9,11-12H2,1-4H3. The van der Waals surface area contributed by atoms with E-state index >= 15 is 0 Å². The quantitative estimate of drug-likeness (QED) is 0.881. The van der Waals surface area contributed by atoms with Gasteiger partial charge in [-0.1, -0.05) is 27.2 Å². The number of hydrogen-bond donors (Lipinski definition) is 1. The summed E-state index contributed by atoms with van der Waals surface area (Å²) in [6, 6.07) is 2.93. The van der Waals surface area contributed by atoms with Crippen molar-refractivity contribution in [1.29, 1.82) is 0 Å². The van der Waals surface area contributed by atoms with Crippen LogP contribution in [0.4, 0.5) is 0 Å². The molecule has 1 fully saturated rings. The SMILES string of the molecule is CCc1cc(CNC2CCCC(C)(C)C2)n(CC)n1. The molecule has 0 radical (unpaired) electrons. The van der Waals surface area contributed by atoms with Crippen LogP contribution in [0.15, 0.2) is 6.07 Å². The normalized spacial score (nSPS) is 22.6. The van der Waals surface area contributed by atoms with Gasteiger partial charge in [0, 0.05) is 19.1 Å². The molecule has 108 valence electrons. The summed E-state index contributed by atoms with van der Waals surface area (Å²) in [4.78, 5) is 0. The van der Waals surface area contributed by atoms with E-state index in [1.165, 1.54) is 37.1 Å². The minimum absolute atomic E-state index is 0.509. The van der Waals surface area contributed by atoms with Gasteiger partial charge in [-0.2, -0.15) is 5.10 Å². The predicted octanol–water partition coefficient (Wildman–Crippen LogP) is 3.52. The molecule has 0 saturated heterocycles. The van der Waals surface area contributed by atoms with E-state index in [0.29, 0.717) is 11.5 Å². The third kappa shape index (κ3) is 3.82. The summed E-state index contributed by atoms with van der Waals surface area (Å²) in [6.07, 6.45) is 6.38. The van der Waals surface area contributed by atoms with Gasteiger partial charge in [0.25, 0.3) is 0 Å². The first kappa shape index (κ1) is 14.6. The molecule has 19 heavy (non-hydrogen) atoms. The Hall–Kier alpha value is -0.830. The number of hydrogen-bond acceptors (Lipinski definition) is 2. The van der Waals surface area contributed by atoms with Gasteiger partial charge < -0.3 is 5.32 Å². The van der Waals surface area contributed by atoms with Gasteiger partial charge in [0.05, 0.1) is 11.4 Å². The number of rotatable bonds is 5. The molecule has 1 aromatic rings. The fourth-order valence-electron chi connectivity index (χ4n) is 3.23. The second-order valence-electron chi connectivity index (χ2n) is 6.63. The molecule has 3 heteroatoms. The molecular formula is C16H29N3. The van der Waals surface area contributed by atoms with Crippen LogP contribution >= 0.6 is 0 Å². The topological polar surface area (TPSA) is 29.9 Å². The molecule has 1 aliphatic rings. The lowest BCUT2D eigenvalue weighted by molar-refractivity contribution is 0.197. The number of aromatic nitrogens is 2. The Labute approximate surface area is 117 Å². The van der Waals surface area contributed by atoms with Crippen LogP contribution in [0.25, 0.3) is 0 Å². The second-order valence-corrected chi connectivity index (χ2v) is 6.63. The van der Waals surface area contributed by atoms with Gasteiger partial charge in [-0.05, 0) is 44.1 Å². The lowest BCUT2D eigenvalue weighted by Gasteiger charge is -2.35.